The van der Waals surface area contributed by atoms with Crippen LogP contribution in [-0.4, -0.2) is 54.4 Å². The van der Waals surface area contributed by atoms with Crippen LogP contribution in [-0.2, 0) is 4.79 Å². The molecule has 1 aromatic carbocycles. The SMILES string of the molecule is C=Cc1cc(C(=O)NCCN2CCC3(CC2)C(=O)NCC3c2ccc(F)cc2)cnc1C=C. The molecule has 1 atom stereocenters. The van der Waals surface area contributed by atoms with Gasteiger partial charge in [0, 0.05) is 37.3 Å². The van der Waals surface area contributed by atoms with Crippen LogP contribution in [0.5, 0.6) is 0 Å². The molecular formula is C26H29FN4O2. The smallest absolute Gasteiger partial charge is 0.252 e. The summed E-state index contributed by atoms with van der Waals surface area (Å²) in [5, 5.41) is 5.97. The summed E-state index contributed by atoms with van der Waals surface area (Å²) in [6.07, 6.45) is 6.31. The molecule has 172 valence electrons. The number of likely N-dealkylation sites (tertiary alicyclic amines) is 1. The van der Waals surface area contributed by atoms with Gasteiger partial charge >= 0.3 is 0 Å². The highest BCUT2D eigenvalue weighted by molar-refractivity contribution is 5.94. The molecule has 0 aliphatic carbocycles. The first-order valence-electron chi connectivity index (χ1n) is 11.3. The molecule has 2 aliphatic heterocycles. The third-order valence-electron chi connectivity index (χ3n) is 6.95. The quantitative estimate of drug-likeness (QED) is 0.682. The lowest BCUT2D eigenvalue weighted by Crippen LogP contribution is -2.47. The summed E-state index contributed by atoms with van der Waals surface area (Å²) in [6, 6.07) is 8.26. The van der Waals surface area contributed by atoms with Gasteiger partial charge in [0.25, 0.3) is 5.91 Å². The van der Waals surface area contributed by atoms with Gasteiger partial charge in [0.05, 0.1) is 16.7 Å². The number of nitrogens with one attached hydrogen (secondary N) is 2. The maximum atomic E-state index is 13.4. The van der Waals surface area contributed by atoms with Gasteiger partial charge in [-0.2, -0.15) is 0 Å². The van der Waals surface area contributed by atoms with Crippen LogP contribution in [0.1, 0.15) is 45.9 Å². The Balaban J connectivity index is 1.31. The molecular weight excluding hydrogens is 419 g/mol. The molecule has 0 radical (unpaired) electrons. The van der Waals surface area contributed by atoms with E-state index in [-0.39, 0.29) is 23.5 Å². The number of aromatic nitrogens is 1. The topological polar surface area (TPSA) is 74.3 Å². The number of hydrogen-bond donors (Lipinski definition) is 2. The van der Waals surface area contributed by atoms with Crippen LogP contribution in [0.4, 0.5) is 4.39 Å². The fourth-order valence-corrected chi connectivity index (χ4v) is 4.99. The first-order valence-corrected chi connectivity index (χ1v) is 11.3. The van der Waals surface area contributed by atoms with Crippen LogP contribution in [0.2, 0.25) is 0 Å². The standard InChI is InChI=1S/C26H29FN4O2/c1-3-18-15-20(16-29-23(18)4-2)24(32)28-11-14-31-12-9-26(10-13-31)22(17-30-25(26)33)19-5-7-21(27)8-6-19/h3-8,15-16,22H,1-2,9-14,17H2,(H,28,32)(H,30,33). The van der Waals surface area contributed by atoms with Crippen molar-refractivity contribution in [3.05, 3.63) is 77.9 Å². The summed E-state index contributed by atoms with van der Waals surface area (Å²) in [4.78, 5) is 31.8. The molecule has 1 spiro atoms. The Kier molecular flexibility index (Phi) is 6.70. The van der Waals surface area contributed by atoms with E-state index in [4.69, 9.17) is 0 Å². The molecule has 4 rings (SSSR count). The van der Waals surface area contributed by atoms with Gasteiger partial charge in [0.1, 0.15) is 5.82 Å². The highest BCUT2D eigenvalue weighted by Crippen LogP contribution is 2.47. The molecule has 2 aromatic rings. The fourth-order valence-electron chi connectivity index (χ4n) is 4.99. The van der Waals surface area contributed by atoms with E-state index in [1.807, 2.05) is 0 Å². The summed E-state index contributed by atoms with van der Waals surface area (Å²) < 4.78 is 13.4. The Morgan fingerprint density at radius 2 is 1.97 bits per heavy atom. The molecule has 2 saturated heterocycles. The van der Waals surface area contributed by atoms with Crippen molar-refractivity contribution >= 4 is 24.0 Å². The molecule has 1 aromatic heterocycles. The van der Waals surface area contributed by atoms with Gasteiger partial charge in [0.15, 0.2) is 0 Å². The number of carbonyl (C=O) groups is 2. The Labute approximate surface area is 193 Å². The van der Waals surface area contributed by atoms with Crippen LogP contribution in [0.25, 0.3) is 12.2 Å². The van der Waals surface area contributed by atoms with E-state index in [0.717, 1.165) is 37.1 Å². The van der Waals surface area contributed by atoms with Crippen LogP contribution >= 0.6 is 0 Å². The third kappa shape index (κ3) is 4.59. The van der Waals surface area contributed by atoms with Gasteiger partial charge < -0.3 is 15.5 Å². The van der Waals surface area contributed by atoms with E-state index in [1.54, 1.807) is 30.4 Å². The van der Waals surface area contributed by atoms with E-state index < -0.39 is 5.41 Å². The minimum absolute atomic E-state index is 0.0533. The van der Waals surface area contributed by atoms with Crippen molar-refractivity contribution in [2.45, 2.75) is 18.8 Å². The predicted molar refractivity (Wildman–Crippen MR) is 127 cm³/mol. The first kappa shape index (κ1) is 22.9. The number of hydrogen-bond acceptors (Lipinski definition) is 4. The van der Waals surface area contributed by atoms with Gasteiger partial charge in [-0.3, -0.25) is 14.6 Å². The number of benzene rings is 1. The van der Waals surface area contributed by atoms with Crippen molar-refractivity contribution in [3.63, 3.8) is 0 Å². The zero-order chi connectivity index (χ0) is 23.4. The lowest BCUT2D eigenvalue weighted by atomic mass is 9.68. The highest BCUT2D eigenvalue weighted by atomic mass is 19.1. The highest BCUT2D eigenvalue weighted by Gasteiger charge is 2.51. The number of piperidine rings is 1. The number of carbonyl (C=O) groups excluding carboxylic acids is 2. The number of rotatable bonds is 7. The van der Waals surface area contributed by atoms with Gasteiger partial charge in [-0.25, -0.2) is 4.39 Å². The molecule has 2 N–H and O–H groups in total. The molecule has 0 saturated carbocycles. The minimum Gasteiger partial charge on any atom is -0.355 e. The molecule has 2 fully saturated rings. The minimum atomic E-state index is -0.447. The Bertz CT molecular complexity index is 1060. The second kappa shape index (κ2) is 9.67. The average Bonchev–Trinajstić information content (AvgIpc) is 3.15. The van der Waals surface area contributed by atoms with Crippen LogP contribution in [0, 0.1) is 11.2 Å². The van der Waals surface area contributed by atoms with E-state index >= 15 is 0 Å². The first-order chi connectivity index (χ1) is 16.0. The Morgan fingerprint density at radius 1 is 1.24 bits per heavy atom. The monoisotopic (exact) mass is 448 g/mol. The number of pyridine rings is 1. The lowest BCUT2D eigenvalue weighted by Gasteiger charge is -2.41. The summed E-state index contributed by atoms with van der Waals surface area (Å²) in [6.45, 7) is 10.8. The molecule has 6 nitrogen and oxygen atoms in total. The average molecular weight is 449 g/mol. The van der Waals surface area contributed by atoms with Crippen LogP contribution in [0.3, 0.4) is 0 Å². The fraction of sp³-hybridized carbons (Fsp3) is 0.346. The normalized spacial score (nSPS) is 19.8. The van der Waals surface area contributed by atoms with Crippen molar-refractivity contribution in [3.8, 4) is 0 Å². The summed E-state index contributed by atoms with van der Waals surface area (Å²) in [5.41, 5.74) is 2.50. The zero-order valence-corrected chi connectivity index (χ0v) is 18.6. The molecule has 33 heavy (non-hydrogen) atoms. The van der Waals surface area contributed by atoms with Gasteiger partial charge in [-0.1, -0.05) is 31.4 Å². The van der Waals surface area contributed by atoms with E-state index in [2.05, 4.69) is 33.7 Å². The van der Waals surface area contributed by atoms with Gasteiger partial charge in [0.2, 0.25) is 5.91 Å². The molecule has 1 unspecified atom stereocenters. The summed E-state index contributed by atoms with van der Waals surface area (Å²) in [5.74, 6) is -0.299. The lowest BCUT2D eigenvalue weighted by molar-refractivity contribution is -0.130. The van der Waals surface area contributed by atoms with Crippen molar-refractivity contribution in [1.82, 2.24) is 20.5 Å². The second-order valence-electron chi connectivity index (χ2n) is 8.67. The molecule has 2 aliphatic rings. The van der Waals surface area contributed by atoms with Crippen molar-refractivity contribution in [1.29, 1.82) is 0 Å². The number of nitrogens with zero attached hydrogens (tertiary/aromatic N) is 2. The van der Waals surface area contributed by atoms with E-state index in [1.165, 1.54) is 18.3 Å². The molecule has 7 heteroatoms. The maximum absolute atomic E-state index is 13.4. The van der Waals surface area contributed by atoms with E-state index in [9.17, 15) is 14.0 Å². The molecule has 3 heterocycles. The predicted octanol–water partition coefficient (Wildman–Crippen LogP) is 3.23. The van der Waals surface area contributed by atoms with E-state index in [0.29, 0.717) is 30.9 Å². The molecule has 2 amide bonds. The van der Waals surface area contributed by atoms with Crippen LogP contribution in [0.15, 0.2) is 49.7 Å². The Hall–Kier alpha value is -3.32. The second-order valence-corrected chi connectivity index (χ2v) is 8.67. The summed E-state index contributed by atoms with van der Waals surface area (Å²) >= 11 is 0. The number of halogens is 1. The molecule has 0 bridgehead atoms. The van der Waals surface area contributed by atoms with Crippen LogP contribution < -0.4 is 10.6 Å². The number of amides is 2. The third-order valence-corrected chi connectivity index (χ3v) is 6.95. The van der Waals surface area contributed by atoms with Crippen molar-refractivity contribution in [2.24, 2.45) is 5.41 Å². The van der Waals surface area contributed by atoms with Gasteiger partial charge in [-0.15, -0.1) is 0 Å². The van der Waals surface area contributed by atoms with Crippen molar-refractivity contribution in [2.75, 3.05) is 32.7 Å². The Morgan fingerprint density at radius 3 is 2.64 bits per heavy atom. The largest absolute Gasteiger partial charge is 0.355 e. The van der Waals surface area contributed by atoms with Crippen molar-refractivity contribution < 1.29 is 14.0 Å². The van der Waals surface area contributed by atoms with Gasteiger partial charge in [-0.05, 0) is 55.8 Å². The zero-order valence-electron chi connectivity index (χ0n) is 18.6. The summed E-state index contributed by atoms with van der Waals surface area (Å²) in [7, 11) is 0. The maximum Gasteiger partial charge on any atom is 0.252 e.